The summed E-state index contributed by atoms with van der Waals surface area (Å²) in [6.07, 6.45) is 5.45. The van der Waals surface area contributed by atoms with E-state index in [1.807, 2.05) is 36.4 Å². The van der Waals surface area contributed by atoms with Gasteiger partial charge in [0.25, 0.3) is 0 Å². The van der Waals surface area contributed by atoms with E-state index in [9.17, 15) is 9.59 Å². The number of ether oxygens (including phenoxy) is 2. The molecule has 1 aromatic rings. The second kappa shape index (κ2) is 9.55. The lowest BCUT2D eigenvalue weighted by Gasteiger charge is -2.20. The molecule has 0 saturated carbocycles. The second-order valence-electron chi connectivity index (χ2n) is 4.91. The van der Waals surface area contributed by atoms with Crippen LogP contribution in [0.25, 0.3) is 6.08 Å². The molecule has 0 aliphatic carbocycles. The lowest BCUT2D eigenvalue weighted by molar-refractivity contribution is -0.150. The Hall–Kier alpha value is -2.36. The molecule has 0 aromatic heterocycles. The van der Waals surface area contributed by atoms with Gasteiger partial charge < -0.3 is 9.47 Å². The van der Waals surface area contributed by atoms with Crippen LogP contribution >= 0.6 is 0 Å². The average Bonchev–Trinajstić information content (AvgIpc) is 2.45. The molecule has 0 heterocycles. The smallest absolute Gasteiger partial charge is 0.303 e. The van der Waals surface area contributed by atoms with Gasteiger partial charge in [-0.3, -0.25) is 9.59 Å². The largest absolute Gasteiger partial charge is 0.462 e. The molecule has 0 aliphatic rings. The molecule has 1 rings (SSSR count). The predicted molar refractivity (Wildman–Crippen MR) is 86.0 cm³/mol. The van der Waals surface area contributed by atoms with Gasteiger partial charge >= 0.3 is 11.9 Å². The number of hydrogen-bond acceptors (Lipinski definition) is 4. The molecular weight excluding hydrogens is 280 g/mol. The first kappa shape index (κ1) is 17.7. The van der Waals surface area contributed by atoms with E-state index in [1.165, 1.54) is 13.8 Å². The monoisotopic (exact) mass is 302 g/mol. The molecule has 4 nitrogen and oxygen atoms in total. The Labute approximate surface area is 131 Å². The molecule has 0 fully saturated rings. The van der Waals surface area contributed by atoms with Crippen molar-refractivity contribution in [3.8, 4) is 0 Å². The summed E-state index contributed by atoms with van der Waals surface area (Å²) >= 11 is 0. The van der Waals surface area contributed by atoms with Gasteiger partial charge in [-0.25, -0.2) is 0 Å². The van der Waals surface area contributed by atoms with Gasteiger partial charge in [-0.05, 0) is 11.6 Å². The van der Waals surface area contributed by atoms with Gasteiger partial charge in [0, 0.05) is 26.7 Å². The van der Waals surface area contributed by atoms with Crippen molar-refractivity contribution in [2.24, 2.45) is 0 Å². The fraction of sp³-hybridized carbons (Fsp3) is 0.333. The minimum Gasteiger partial charge on any atom is -0.462 e. The first-order chi connectivity index (χ1) is 10.5. The lowest BCUT2D eigenvalue weighted by Crippen LogP contribution is -2.24. The summed E-state index contributed by atoms with van der Waals surface area (Å²) < 4.78 is 10.5. The zero-order chi connectivity index (χ0) is 16.4. The van der Waals surface area contributed by atoms with E-state index >= 15 is 0 Å². The number of carbonyl (C=O) groups is 2. The van der Waals surface area contributed by atoms with E-state index in [-0.39, 0.29) is 18.0 Å². The SMILES string of the molecule is C=CC[C@@H](C[C@H](/C=C/c1ccccc1)OC(C)=O)OC(C)=O. The van der Waals surface area contributed by atoms with Crippen LogP contribution in [0.4, 0.5) is 0 Å². The molecule has 0 N–H and O–H groups in total. The average molecular weight is 302 g/mol. The lowest BCUT2D eigenvalue weighted by atomic mass is 10.1. The van der Waals surface area contributed by atoms with Crippen LogP contribution in [0.3, 0.4) is 0 Å². The number of hydrogen-bond donors (Lipinski definition) is 0. The van der Waals surface area contributed by atoms with E-state index in [0.29, 0.717) is 12.8 Å². The maximum atomic E-state index is 11.2. The van der Waals surface area contributed by atoms with Crippen LogP contribution in [-0.4, -0.2) is 24.1 Å². The summed E-state index contributed by atoms with van der Waals surface area (Å²) in [6.45, 7) is 6.37. The third-order valence-electron chi connectivity index (χ3n) is 2.88. The highest BCUT2D eigenvalue weighted by molar-refractivity contribution is 5.67. The predicted octanol–water partition coefficient (Wildman–Crippen LogP) is 3.53. The third-order valence-corrected chi connectivity index (χ3v) is 2.88. The molecule has 0 bridgehead atoms. The van der Waals surface area contributed by atoms with Crippen LogP contribution in [0.5, 0.6) is 0 Å². The maximum absolute atomic E-state index is 11.2. The van der Waals surface area contributed by atoms with Gasteiger partial charge in [0.1, 0.15) is 12.2 Å². The minimum absolute atomic E-state index is 0.361. The summed E-state index contributed by atoms with van der Waals surface area (Å²) in [5, 5.41) is 0. The van der Waals surface area contributed by atoms with Gasteiger partial charge in [0.2, 0.25) is 0 Å². The molecule has 118 valence electrons. The molecule has 22 heavy (non-hydrogen) atoms. The summed E-state index contributed by atoms with van der Waals surface area (Å²) in [4.78, 5) is 22.4. The van der Waals surface area contributed by atoms with Crippen molar-refractivity contribution in [3.63, 3.8) is 0 Å². The summed E-state index contributed by atoms with van der Waals surface area (Å²) in [5.74, 6) is -0.733. The van der Waals surface area contributed by atoms with E-state index in [2.05, 4.69) is 6.58 Å². The first-order valence-corrected chi connectivity index (χ1v) is 7.20. The third kappa shape index (κ3) is 7.43. The van der Waals surface area contributed by atoms with Gasteiger partial charge in [-0.15, -0.1) is 6.58 Å². The van der Waals surface area contributed by atoms with Gasteiger partial charge in [-0.1, -0.05) is 42.5 Å². The number of benzene rings is 1. The molecule has 0 unspecified atom stereocenters. The molecule has 0 amide bonds. The zero-order valence-electron chi connectivity index (χ0n) is 13.0. The molecule has 0 aliphatic heterocycles. The van der Waals surface area contributed by atoms with Gasteiger partial charge in [0.05, 0.1) is 0 Å². The Morgan fingerprint density at radius 2 is 1.77 bits per heavy atom. The van der Waals surface area contributed by atoms with Crippen molar-refractivity contribution in [1.82, 2.24) is 0 Å². The molecule has 0 spiro atoms. The quantitative estimate of drug-likeness (QED) is 0.544. The highest BCUT2D eigenvalue weighted by atomic mass is 16.6. The van der Waals surface area contributed by atoms with E-state index in [1.54, 1.807) is 12.2 Å². The molecule has 1 aromatic carbocycles. The van der Waals surface area contributed by atoms with Crippen LogP contribution in [0.1, 0.15) is 32.3 Å². The van der Waals surface area contributed by atoms with Crippen molar-refractivity contribution < 1.29 is 19.1 Å². The van der Waals surface area contributed by atoms with E-state index < -0.39 is 6.10 Å². The second-order valence-corrected chi connectivity index (χ2v) is 4.91. The number of esters is 2. The van der Waals surface area contributed by atoms with Crippen molar-refractivity contribution in [3.05, 3.63) is 54.6 Å². The molecular formula is C18H22O4. The van der Waals surface area contributed by atoms with Crippen LogP contribution in [-0.2, 0) is 19.1 Å². The fourth-order valence-electron chi connectivity index (χ4n) is 2.03. The Balaban J connectivity index is 2.77. The van der Waals surface area contributed by atoms with Crippen molar-refractivity contribution in [2.45, 2.75) is 38.9 Å². The Morgan fingerprint density at radius 3 is 2.32 bits per heavy atom. The minimum atomic E-state index is -0.456. The summed E-state index contributed by atoms with van der Waals surface area (Å²) in [7, 11) is 0. The Morgan fingerprint density at radius 1 is 1.14 bits per heavy atom. The van der Waals surface area contributed by atoms with Gasteiger partial charge in [-0.2, -0.15) is 0 Å². The Bertz CT molecular complexity index is 519. The number of rotatable bonds is 8. The van der Waals surface area contributed by atoms with Crippen LogP contribution < -0.4 is 0 Å². The molecule has 0 radical (unpaired) electrons. The van der Waals surface area contributed by atoms with E-state index in [0.717, 1.165) is 5.56 Å². The highest BCUT2D eigenvalue weighted by Gasteiger charge is 2.18. The molecule has 4 heteroatoms. The topological polar surface area (TPSA) is 52.6 Å². The molecule has 2 atom stereocenters. The zero-order valence-corrected chi connectivity index (χ0v) is 13.0. The highest BCUT2D eigenvalue weighted by Crippen LogP contribution is 2.14. The van der Waals surface area contributed by atoms with Crippen LogP contribution in [0, 0.1) is 0 Å². The van der Waals surface area contributed by atoms with Crippen molar-refractivity contribution in [1.29, 1.82) is 0 Å². The van der Waals surface area contributed by atoms with Crippen LogP contribution in [0.15, 0.2) is 49.1 Å². The van der Waals surface area contributed by atoms with Gasteiger partial charge in [0.15, 0.2) is 0 Å². The summed E-state index contributed by atoms with van der Waals surface area (Å²) in [6, 6.07) is 9.70. The molecule has 0 saturated heterocycles. The fourth-order valence-corrected chi connectivity index (χ4v) is 2.03. The Kier molecular flexibility index (Phi) is 7.68. The van der Waals surface area contributed by atoms with E-state index in [4.69, 9.17) is 9.47 Å². The van der Waals surface area contributed by atoms with Crippen molar-refractivity contribution >= 4 is 18.0 Å². The standard InChI is InChI=1S/C18H22O4/c1-4-8-17(21-14(2)19)13-18(22-15(3)20)12-11-16-9-6-5-7-10-16/h4-7,9-12,17-18H,1,8,13H2,2-3H3/b12-11+/t17-,18-/m0/s1. The van der Waals surface area contributed by atoms with Crippen LogP contribution in [0.2, 0.25) is 0 Å². The number of carbonyl (C=O) groups excluding carboxylic acids is 2. The summed E-state index contributed by atoms with van der Waals surface area (Å²) in [5.41, 5.74) is 1.01. The van der Waals surface area contributed by atoms with Crippen molar-refractivity contribution in [2.75, 3.05) is 0 Å². The maximum Gasteiger partial charge on any atom is 0.303 e. The normalized spacial score (nSPS) is 13.4. The first-order valence-electron chi connectivity index (χ1n) is 7.20.